The topological polar surface area (TPSA) is 225 Å². The third kappa shape index (κ3) is 6.49. The van der Waals surface area contributed by atoms with E-state index < -0.39 is 80.6 Å². The average molecular weight is 611 g/mol. The number of esters is 1. The molecule has 0 amide bonds. The van der Waals surface area contributed by atoms with E-state index in [0.29, 0.717) is 5.39 Å². The number of fused-ring (bicyclic) bond motifs is 1. The summed E-state index contributed by atoms with van der Waals surface area (Å²) in [6.45, 7) is 2.26. The molecule has 2 aliphatic heterocycles. The number of hydrogen-bond acceptors (Lipinski definition) is 14. The van der Waals surface area contributed by atoms with Gasteiger partial charge >= 0.3 is 5.97 Å². The highest BCUT2D eigenvalue weighted by molar-refractivity contribution is 6.06. The van der Waals surface area contributed by atoms with Crippen molar-refractivity contribution >= 4 is 16.7 Å². The second kappa shape index (κ2) is 13.8. The van der Waals surface area contributed by atoms with Gasteiger partial charge in [-0.05, 0) is 20.3 Å². The Bertz CT molecular complexity index is 1310. The Balaban J connectivity index is 1.93. The molecule has 10 atom stereocenters. The number of rotatable bonds is 9. The smallest absolute Gasteiger partial charge is 0.342 e. The van der Waals surface area contributed by atoms with Gasteiger partial charge < -0.3 is 64.5 Å². The molecule has 43 heavy (non-hydrogen) atoms. The highest BCUT2D eigenvalue weighted by Gasteiger charge is 2.47. The van der Waals surface area contributed by atoms with Crippen molar-refractivity contribution in [2.75, 3.05) is 20.3 Å². The number of aliphatic hydroxyl groups excluding tert-OH is 8. The summed E-state index contributed by atoms with van der Waals surface area (Å²) in [7, 11) is 1.14. The van der Waals surface area contributed by atoms with Crippen LogP contribution >= 0.6 is 0 Å². The van der Waals surface area contributed by atoms with Crippen LogP contribution in [0.5, 0.6) is 11.5 Å². The minimum atomic E-state index is -1.78. The van der Waals surface area contributed by atoms with Gasteiger partial charge in [0.05, 0.1) is 20.3 Å². The van der Waals surface area contributed by atoms with Crippen LogP contribution in [-0.2, 0) is 20.6 Å². The molecular formula is C29H38O14. The second-order valence-electron chi connectivity index (χ2n) is 10.7. The predicted molar refractivity (Wildman–Crippen MR) is 147 cm³/mol. The van der Waals surface area contributed by atoms with Crippen LogP contribution in [-0.4, -0.2) is 129 Å². The highest BCUT2D eigenvalue weighted by Crippen LogP contribution is 2.44. The molecule has 0 saturated carbocycles. The molecule has 2 aromatic rings. The second-order valence-corrected chi connectivity index (χ2v) is 10.7. The maximum absolute atomic E-state index is 13.4. The normalized spacial score (nSPS) is 32.7. The number of carbonyl (C=O) groups excluding carboxylic acids is 1. The van der Waals surface area contributed by atoms with Gasteiger partial charge in [-0.2, -0.15) is 0 Å². The Morgan fingerprint density at radius 1 is 0.767 bits per heavy atom. The first-order valence-electron chi connectivity index (χ1n) is 13.7. The van der Waals surface area contributed by atoms with Crippen molar-refractivity contribution in [3.8, 4) is 11.5 Å². The molecule has 0 aromatic heterocycles. The number of allylic oxidation sites excluding steroid dienone is 2. The molecule has 2 fully saturated rings. The zero-order chi connectivity index (χ0) is 31.6. The fourth-order valence-electron chi connectivity index (χ4n) is 5.06. The minimum absolute atomic E-state index is 0.0268. The SMILES string of the molecule is COC(=O)c1c(CC=C(C)C)c(O[C@@H]2O[C@@H](CO)[C@@H](O)[C@@H](O)[C@@H]2O)c2ccccc2c1O[C@H]1O[C@@H](CO)[C@@H](O)[C@@H](O)[C@H]1O. The van der Waals surface area contributed by atoms with Crippen molar-refractivity contribution in [2.24, 2.45) is 0 Å². The summed E-state index contributed by atoms with van der Waals surface area (Å²) in [5, 5.41) is 82.4. The highest BCUT2D eigenvalue weighted by atomic mass is 16.7. The number of ether oxygens (including phenoxy) is 5. The Kier molecular flexibility index (Phi) is 10.6. The molecule has 2 aliphatic rings. The predicted octanol–water partition coefficient (Wildman–Crippen LogP) is -1.51. The van der Waals surface area contributed by atoms with Crippen LogP contribution in [0.2, 0.25) is 0 Å². The molecule has 14 heteroatoms. The summed E-state index contributed by atoms with van der Waals surface area (Å²) in [5.41, 5.74) is 0.873. The molecule has 0 unspecified atom stereocenters. The first-order chi connectivity index (χ1) is 20.4. The summed E-state index contributed by atoms with van der Waals surface area (Å²) >= 11 is 0. The molecule has 2 aromatic carbocycles. The van der Waals surface area contributed by atoms with Crippen LogP contribution in [0.1, 0.15) is 29.8 Å². The van der Waals surface area contributed by atoms with Crippen LogP contribution < -0.4 is 9.47 Å². The van der Waals surface area contributed by atoms with Crippen LogP contribution in [0.25, 0.3) is 10.8 Å². The van der Waals surface area contributed by atoms with Crippen LogP contribution in [0.15, 0.2) is 35.9 Å². The minimum Gasteiger partial charge on any atom is -0.465 e. The number of carbonyl (C=O) groups is 1. The summed E-state index contributed by atoms with van der Waals surface area (Å²) in [5.74, 6) is -0.995. The van der Waals surface area contributed by atoms with Gasteiger partial charge in [-0.3, -0.25) is 0 Å². The van der Waals surface area contributed by atoms with Crippen molar-refractivity contribution in [1.82, 2.24) is 0 Å². The molecule has 2 heterocycles. The lowest BCUT2D eigenvalue weighted by molar-refractivity contribution is -0.277. The average Bonchev–Trinajstić information content (AvgIpc) is 3.00. The number of aliphatic hydroxyl groups is 8. The fourth-order valence-corrected chi connectivity index (χ4v) is 5.06. The van der Waals surface area contributed by atoms with E-state index in [-0.39, 0.29) is 34.4 Å². The standard InChI is InChI=1S/C29H38O14/c1-12(2)8-9-15-18(27(38)39-3)26(43-29-24(37)22(35)20(33)17(11-31)41-29)14-7-5-4-6-13(14)25(15)42-28-23(36)21(34)19(32)16(10-30)40-28/h4-8,16-17,19-24,28-37H,9-11H2,1-3H3/t16-,17-,19+,20+,21+,22+,23-,24+,28-,29+/m0/s1. The number of hydrogen-bond donors (Lipinski definition) is 8. The van der Waals surface area contributed by atoms with E-state index >= 15 is 0 Å². The van der Waals surface area contributed by atoms with Gasteiger partial charge in [-0.1, -0.05) is 35.9 Å². The number of methoxy groups -OCH3 is 1. The quantitative estimate of drug-likeness (QED) is 0.119. The van der Waals surface area contributed by atoms with Crippen molar-refractivity contribution in [3.63, 3.8) is 0 Å². The van der Waals surface area contributed by atoms with Crippen molar-refractivity contribution in [2.45, 2.75) is 81.7 Å². The lowest BCUT2D eigenvalue weighted by Gasteiger charge is -2.40. The molecule has 8 N–H and O–H groups in total. The molecule has 14 nitrogen and oxygen atoms in total. The Labute approximate surface area is 246 Å². The monoisotopic (exact) mass is 610 g/mol. The summed E-state index contributed by atoms with van der Waals surface area (Å²) in [6.07, 6.45) is -14.2. The molecular weight excluding hydrogens is 572 g/mol. The van der Waals surface area contributed by atoms with E-state index in [4.69, 9.17) is 23.7 Å². The summed E-state index contributed by atoms with van der Waals surface area (Å²) in [4.78, 5) is 13.4. The lowest BCUT2D eigenvalue weighted by atomic mass is 9.94. The Morgan fingerprint density at radius 2 is 1.23 bits per heavy atom. The van der Waals surface area contributed by atoms with Gasteiger partial charge in [0.1, 0.15) is 65.9 Å². The molecule has 238 valence electrons. The van der Waals surface area contributed by atoms with Crippen molar-refractivity contribution in [1.29, 1.82) is 0 Å². The third-order valence-electron chi connectivity index (χ3n) is 7.49. The van der Waals surface area contributed by atoms with E-state index in [1.807, 2.05) is 13.8 Å². The van der Waals surface area contributed by atoms with Gasteiger partial charge in [0.25, 0.3) is 0 Å². The molecule has 0 spiro atoms. The van der Waals surface area contributed by atoms with Crippen molar-refractivity contribution < 1.29 is 69.3 Å². The zero-order valence-electron chi connectivity index (χ0n) is 23.8. The molecule has 0 radical (unpaired) electrons. The number of benzene rings is 2. The Morgan fingerprint density at radius 3 is 1.67 bits per heavy atom. The van der Waals surface area contributed by atoms with E-state index in [9.17, 15) is 45.6 Å². The maximum atomic E-state index is 13.4. The zero-order valence-corrected chi connectivity index (χ0v) is 23.8. The van der Waals surface area contributed by atoms with E-state index in [2.05, 4.69) is 0 Å². The maximum Gasteiger partial charge on any atom is 0.342 e. The fraction of sp³-hybridized carbons (Fsp3) is 0.552. The van der Waals surface area contributed by atoms with Crippen LogP contribution in [0.4, 0.5) is 0 Å². The summed E-state index contributed by atoms with van der Waals surface area (Å²) in [6, 6.07) is 6.45. The van der Waals surface area contributed by atoms with Gasteiger partial charge in [0.2, 0.25) is 12.6 Å². The first-order valence-corrected chi connectivity index (χ1v) is 13.7. The third-order valence-corrected chi connectivity index (χ3v) is 7.49. The largest absolute Gasteiger partial charge is 0.465 e. The lowest BCUT2D eigenvalue weighted by Crippen LogP contribution is -2.60. The van der Waals surface area contributed by atoms with Gasteiger partial charge in [0, 0.05) is 16.3 Å². The summed E-state index contributed by atoms with van der Waals surface area (Å²) < 4.78 is 28.4. The van der Waals surface area contributed by atoms with Gasteiger partial charge in [0.15, 0.2) is 0 Å². The first kappa shape index (κ1) is 33.0. The van der Waals surface area contributed by atoms with Crippen LogP contribution in [0.3, 0.4) is 0 Å². The van der Waals surface area contributed by atoms with E-state index in [1.165, 1.54) is 0 Å². The van der Waals surface area contributed by atoms with E-state index in [0.717, 1.165) is 12.7 Å². The molecule has 0 bridgehead atoms. The molecule has 2 saturated heterocycles. The van der Waals surface area contributed by atoms with Crippen LogP contribution in [0, 0.1) is 0 Å². The Hall–Kier alpha value is -2.89. The molecule has 4 rings (SSSR count). The van der Waals surface area contributed by atoms with Gasteiger partial charge in [-0.25, -0.2) is 4.79 Å². The van der Waals surface area contributed by atoms with Crippen molar-refractivity contribution in [3.05, 3.63) is 47.0 Å². The molecule has 0 aliphatic carbocycles. The van der Waals surface area contributed by atoms with Gasteiger partial charge in [-0.15, -0.1) is 0 Å². The van der Waals surface area contributed by atoms with E-state index in [1.54, 1.807) is 30.3 Å².